The van der Waals surface area contributed by atoms with Crippen LogP contribution >= 0.6 is 11.6 Å². The van der Waals surface area contributed by atoms with Crippen molar-refractivity contribution in [2.24, 2.45) is 5.73 Å². The van der Waals surface area contributed by atoms with Gasteiger partial charge in [0.1, 0.15) is 18.2 Å². The summed E-state index contributed by atoms with van der Waals surface area (Å²) in [6.45, 7) is 1.04. The topological polar surface area (TPSA) is 210 Å². The number of piperazine rings is 1. The molecular formula is C25H30ClN9O7. The zero-order chi connectivity index (χ0) is 30.0. The van der Waals surface area contributed by atoms with Gasteiger partial charge in [-0.05, 0) is 18.2 Å². The van der Waals surface area contributed by atoms with Crippen LogP contribution in [0, 0.1) is 0 Å². The van der Waals surface area contributed by atoms with Crippen molar-refractivity contribution >= 4 is 46.5 Å². The highest BCUT2D eigenvalue weighted by molar-refractivity contribution is 6.30. The fourth-order valence-corrected chi connectivity index (χ4v) is 5.05. The maximum Gasteiger partial charge on any atom is 0.407 e. The number of carbonyl (C=O) groups excluding carboxylic acids is 2. The van der Waals surface area contributed by atoms with Crippen LogP contribution in [0.2, 0.25) is 5.02 Å². The SMILES string of the molecule is CNC(=O)C1OC(n2cnc3c(NCc4cc(Cl)ccc4OCC(=O)N4CCN(C(=O)O)CC4)ncnc32)C(O)C1N. The van der Waals surface area contributed by atoms with Gasteiger partial charge in [0, 0.05) is 50.4 Å². The number of aliphatic hydroxyl groups excluding tert-OH is 1. The summed E-state index contributed by atoms with van der Waals surface area (Å²) in [5.74, 6) is 0.0905. The smallest absolute Gasteiger partial charge is 0.407 e. The summed E-state index contributed by atoms with van der Waals surface area (Å²) in [6, 6.07) is 4.05. The van der Waals surface area contributed by atoms with E-state index in [4.69, 9.17) is 31.9 Å². The maximum absolute atomic E-state index is 12.7. The molecular weight excluding hydrogens is 574 g/mol. The van der Waals surface area contributed by atoms with Crippen molar-refractivity contribution in [3.05, 3.63) is 41.4 Å². The second kappa shape index (κ2) is 12.3. The van der Waals surface area contributed by atoms with Gasteiger partial charge in [-0.15, -0.1) is 0 Å². The average molecular weight is 604 g/mol. The minimum atomic E-state index is -1.19. The van der Waals surface area contributed by atoms with Crippen LogP contribution in [-0.2, 0) is 20.9 Å². The fourth-order valence-electron chi connectivity index (χ4n) is 4.85. The number of nitrogens with one attached hydrogen (secondary N) is 2. The van der Waals surface area contributed by atoms with Crippen LogP contribution in [0.3, 0.4) is 0 Å². The molecule has 4 unspecified atom stereocenters. The number of rotatable bonds is 8. The van der Waals surface area contributed by atoms with Gasteiger partial charge in [0.25, 0.3) is 11.8 Å². The van der Waals surface area contributed by atoms with Crippen LogP contribution < -0.4 is 21.1 Å². The molecule has 2 aromatic heterocycles. The summed E-state index contributed by atoms with van der Waals surface area (Å²) in [4.78, 5) is 51.7. The number of imidazole rings is 1. The molecule has 6 N–H and O–H groups in total. The third-order valence-corrected chi connectivity index (χ3v) is 7.42. The second-order valence-electron chi connectivity index (χ2n) is 9.72. The normalized spacial score (nSPS) is 22.3. The number of nitrogens with two attached hydrogens (primary N) is 1. The summed E-state index contributed by atoms with van der Waals surface area (Å²) in [7, 11) is 1.45. The van der Waals surface area contributed by atoms with E-state index in [1.165, 1.54) is 29.2 Å². The number of hydrogen-bond donors (Lipinski definition) is 5. The number of carbonyl (C=O) groups is 3. The summed E-state index contributed by atoms with van der Waals surface area (Å²) in [5.41, 5.74) is 7.40. The molecule has 2 saturated heterocycles. The van der Waals surface area contributed by atoms with Crippen molar-refractivity contribution < 1.29 is 34.1 Å². The number of benzene rings is 1. The number of carboxylic acid groups (broad SMARTS) is 1. The standard InChI is InChI=1S/C25H30ClN9O7/c1-28-23(38)20-17(27)19(37)24(42-20)35-12-32-18-21(30-11-31-22(18)35)29-9-13-8-14(26)2-3-15(13)41-10-16(36)33-4-6-34(7-5-33)25(39)40/h2-3,8,11-12,17,19-20,24,37H,4-7,9-10,27H2,1H3,(H,28,38)(H,39,40)(H,29,30,31). The Bertz CT molecular complexity index is 1480. The summed E-state index contributed by atoms with van der Waals surface area (Å²) >= 11 is 6.23. The van der Waals surface area contributed by atoms with E-state index in [0.29, 0.717) is 46.4 Å². The Labute approximate surface area is 244 Å². The number of aliphatic hydroxyl groups is 1. The van der Waals surface area contributed by atoms with Gasteiger partial charge in [-0.2, -0.15) is 0 Å². The highest BCUT2D eigenvalue weighted by Crippen LogP contribution is 2.32. The molecule has 0 bridgehead atoms. The van der Waals surface area contributed by atoms with E-state index in [1.807, 2.05) is 0 Å². The Morgan fingerprint density at radius 3 is 2.62 bits per heavy atom. The van der Waals surface area contributed by atoms with Crippen LogP contribution in [0.5, 0.6) is 5.75 Å². The molecule has 3 aromatic rings. The van der Waals surface area contributed by atoms with Gasteiger partial charge in [-0.25, -0.2) is 19.7 Å². The lowest BCUT2D eigenvalue weighted by Gasteiger charge is -2.33. The molecule has 0 aliphatic carbocycles. The Balaban J connectivity index is 1.27. The number of nitrogens with zero attached hydrogens (tertiary/aromatic N) is 6. The number of halogens is 1. The Morgan fingerprint density at radius 1 is 1.17 bits per heavy atom. The molecule has 5 rings (SSSR count). The van der Waals surface area contributed by atoms with E-state index in [9.17, 15) is 19.5 Å². The van der Waals surface area contributed by atoms with Crippen molar-refractivity contribution in [2.45, 2.75) is 31.0 Å². The first-order valence-corrected chi connectivity index (χ1v) is 13.4. The van der Waals surface area contributed by atoms with Crippen molar-refractivity contribution in [3.63, 3.8) is 0 Å². The van der Waals surface area contributed by atoms with E-state index in [0.717, 1.165) is 0 Å². The number of hydrogen-bond acceptors (Lipinski definition) is 11. The molecule has 224 valence electrons. The van der Waals surface area contributed by atoms with Gasteiger partial charge >= 0.3 is 6.09 Å². The quantitative estimate of drug-likeness (QED) is 0.223. The number of aromatic nitrogens is 4. The largest absolute Gasteiger partial charge is 0.483 e. The fraction of sp³-hybridized carbons (Fsp3) is 0.440. The number of anilines is 1. The molecule has 4 heterocycles. The number of ether oxygens (including phenoxy) is 2. The van der Waals surface area contributed by atoms with Gasteiger partial charge in [0.05, 0.1) is 12.4 Å². The van der Waals surface area contributed by atoms with E-state index < -0.39 is 36.5 Å². The molecule has 1 aromatic carbocycles. The molecule has 4 atom stereocenters. The van der Waals surface area contributed by atoms with Gasteiger partial charge in [-0.3, -0.25) is 14.2 Å². The average Bonchev–Trinajstić information content (AvgIpc) is 3.55. The molecule has 2 aliphatic heterocycles. The molecule has 0 spiro atoms. The van der Waals surface area contributed by atoms with Crippen molar-refractivity contribution in [3.8, 4) is 5.75 Å². The molecule has 3 amide bonds. The highest BCUT2D eigenvalue weighted by Gasteiger charge is 2.46. The summed E-state index contributed by atoms with van der Waals surface area (Å²) in [6.07, 6.45) is -1.49. The molecule has 0 saturated carbocycles. The molecule has 16 nitrogen and oxygen atoms in total. The van der Waals surface area contributed by atoms with Crippen LogP contribution in [-0.4, -0.2) is 116 Å². The van der Waals surface area contributed by atoms with Crippen LogP contribution in [0.25, 0.3) is 11.2 Å². The zero-order valence-corrected chi connectivity index (χ0v) is 23.3. The molecule has 17 heteroatoms. The highest BCUT2D eigenvalue weighted by atomic mass is 35.5. The number of likely N-dealkylation sites (N-methyl/N-ethyl adjacent to an activating group) is 1. The first kappa shape index (κ1) is 29.2. The van der Waals surface area contributed by atoms with Crippen LogP contribution in [0.1, 0.15) is 11.8 Å². The van der Waals surface area contributed by atoms with Gasteiger partial charge in [0.15, 0.2) is 35.9 Å². The van der Waals surface area contributed by atoms with Crippen molar-refractivity contribution in [2.75, 3.05) is 45.2 Å². The van der Waals surface area contributed by atoms with E-state index in [1.54, 1.807) is 23.1 Å². The van der Waals surface area contributed by atoms with Crippen LogP contribution in [0.15, 0.2) is 30.9 Å². The summed E-state index contributed by atoms with van der Waals surface area (Å²) < 4.78 is 13.1. The predicted molar refractivity (Wildman–Crippen MR) is 148 cm³/mol. The first-order valence-electron chi connectivity index (χ1n) is 13.1. The Hall–Kier alpha value is -4.25. The minimum Gasteiger partial charge on any atom is -0.483 e. The molecule has 2 fully saturated rings. The Kier molecular flexibility index (Phi) is 8.58. The maximum atomic E-state index is 12.7. The van der Waals surface area contributed by atoms with Gasteiger partial charge < -0.3 is 45.9 Å². The zero-order valence-electron chi connectivity index (χ0n) is 22.5. The van der Waals surface area contributed by atoms with Gasteiger partial charge in [0.2, 0.25) is 0 Å². The van der Waals surface area contributed by atoms with E-state index in [2.05, 4.69) is 25.6 Å². The monoisotopic (exact) mass is 603 g/mol. The number of fused-ring (bicyclic) bond motifs is 1. The predicted octanol–water partition coefficient (Wildman–Crippen LogP) is -0.376. The lowest BCUT2D eigenvalue weighted by Crippen LogP contribution is -2.51. The Morgan fingerprint density at radius 2 is 1.90 bits per heavy atom. The summed E-state index contributed by atoms with van der Waals surface area (Å²) in [5, 5.41) is 25.9. The minimum absolute atomic E-state index is 0.201. The van der Waals surface area contributed by atoms with Crippen LogP contribution in [0.4, 0.5) is 10.6 Å². The third kappa shape index (κ3) is 5.87. The molecule has 2 aliphatic rings. The van der Waals surface area contributed by atoms with Crippen molar-refractivity contribution in [1.29, 1.82) is 0 Å². The first-order chi connectivity index (χ1) is 20.2. The number of amides is 3. The second-order valence-corrected chi connectivity index (χ2v) is 10.2. The van der Waals surface area contributed by atoms with E-state index in [-0.39, 0.29) is 32.1 Å². The third-order valence-electron chi connectivity index (χ3n) is 7.18. The van der Waals surface area contributed by atoms with E-state index >= 15 is 0 Å². The van der Waals surface area contributed by atoms with Crippen molar-refractivity contribution in [1.82, 2.24) is 34.6 Å². The lowest BCUT2D eigenvalue weighted by atomic mass is 10.1. The molecule has 0 radical (unpaired) electrons. The lowest BCUT2D eigenvalue weighted by molar-refractivity contribution is -0.135. The van der Waals surface area contributed by atoms with Gasteiger partial charge in [-0.1, -0.05) is 11.6 Å². The molecule has 42 heavy (non-hydrogen) atoms.